The summed E-state index contributed by atoms with van der Waals surface area (Å²) in [6.45, 7) is 1.13. The lowest BCUT2D eigenvalue weighted by Crippen LogP contribution is -2.40. The number of carboxylic acids is 1. The minimum absolute atomic E-state index is 0.0872. The van der Waals surface area contributed by atoms with Gasteiger partial charge in [0.1, 0.15) is 11.6 Å². The molecule has 1 aliphatic heterocycles. The number of rotatable bonds is 6. The second-order valence-electron chi connectivity index (χ2n) is 5.36. The van der Waals surface area contributed by atoms with Crippen LogP contribution < -0.4 is 32.0 Å². The fourth-order valence-corrected chi connectivity index (χ4v) is 2.52. The molecular formula is C14H18F3N5O3. The largest absolute Gasteiger partial charge is 0.573 e. The van der Waals surface area contributed by atoms with Gasteiger partial charge in [0.25, 0.3) is 0 Å². The van der Waals surface area contributed by atoms with Gasteiger partial charge in [-0.2, -0.15) is 0 Å². The number of carbonyl (C=O) groups is 1. The van der Waals surface area contributed by atoms with Gasteiger partial charge < -0.3 is 31.2 Å². The van der Waals surface area contributed by atoms with E-state index in [4.69, 9.17) is 16.7 Å². The Morgan fingerprint density at radius 1 is 1.32 bits per heavy atom. The maximum atomic E-state index is 12.2. The first-order valence-corrected chi connectivity index (χ1v) is 7.26. The van der Waals surface area contributed by atoms with Crippen molar-refractivity contribution in [2.75, 3.05) is 18.0 Å². The van der Waals surface area contributed by atoms with E-state index in [0.717, 1.165) is 5.69 Å². The molecule has 0 aliphatic carbocycles. The lowest BCUT2D eigenvalue weighted by Gasteiger charge is -2.20. The number of nitrogens with zero attached hydrogens (tertiary/aromatic N) is 1. The molecule has 0 aromatic heterocycles. The molecule has 0 bridgehead atoms. The van der Waals surface area contributed by atoms with E-state index >= 15 is 0 Å². The highest BCUT2D eigenvalue weighted by atomic mass is 19.4. The number of aliphatic carboxylic acids is 1. The Labute approximate surface area is 141 Å². The Bertz CT molecular complexity index is 648. The number of carboxylic acid groups (broad SMARTS) is 1. The molecule has 0 amide bonds. The molecular weight excluding hydrogens is 343 g/mol. The normalized spacial score (nSPS) is 18.6. The second-order valence-corrected chi connectivity index (χ2v) is 5.36. The number of hydrazine groups is 1. The van der Waals surface area contributed by atoms with E-state index in [-0.39, 0.29) is 23.3 Å². The molecule has 11 heteroatoms. The Morgan fingerprint density at radius 3 is 2.48 bits per heavy atom. The summed E-state index contributed by atoms with van der Waals surface area (Å²) in [7, 11) is 0. The number of ether oxygens (including phenoxy) is 1. The average Bonchev–Trinajstić information content (AvgIpc) is 2.95. The molecule has 25 heavy (non-hydrogen) atoms. The molecule has 1 unspecified atom stereocenters. The molecule has 1 atom stereocenters. The summed E-state index contributed by atoms with van der Waals surface area (Å²) >= 11 is 0. The molecule has 1 fully saturated rings. The van der Waals surface area contributed by atoms with E-state index in [9.17, 15) is 18.0 Å². The van der Waals surface area contributed by atoms with Crippen LogP contribution in [0.1, 0.15) is 6.42 Å². The molecule has 7 N–H and O–H groups in total. The van der Waals surface area contributed by atoms with E-state index < -0.39 is 12.3 Å². The van der Waals surface area contributed by atoms with E-state index in [0.29, 0.717) is 19.5 Å². The fourth-order valence-electron chi connectivity index (χ4n) is 2.52. The van der Waals surface area contributed by atoms with Gasteiger partial charge in [0.05, 0.1) is 0 Å². The lowest BCUT2D eigenvalue weighted by atomic mass is 10.2. The Morgan fingerprint density at radius 2 is 1.96 bits per heavy atom. The van der Waals surface area contributed by atoms with Crippen molar-refractivity contribution in [1.82, 2.24) is 10.7 Å². The molecule has 0 saturated carbocycles. The van der Waals surface area contributed by atoms with Gasteiger partial charge >= 0.3 is 12.3 Å². The predicted molar refractivity (Wildman–Crippen MR) is 83.1 cm³/mol. The molecule has 1 heterocycles. The van der Waals surface area contributed by atoms with Crippen molar-refractivity contribution in [2.45, 2.75) is 18.8 Å². The summed E-state index contributed by atoms with van der Waals surface area (Å²) in [5, 5.41) is 11.8. The van der Waals surface area contributed by atoms with Gasteiger partial charge in [-0.3, -0.25) is 5.84 Å². The van der Waals surface area contributed by atoms with Gasteiger partial charge in [-0.05, 0) is 30.7 Å². The third kappa shape index (κ3) is 5.08. The smallest absolute Gasteiger partial charge is 0.476 e. The van der Waals surface area contributed by atoms with Gasteiger partial charge in [0, 0.05) is 24.8 Å². The average molecular weight is 361 g/mol. The number of halogens is 3. The number of hydrogen-bond acceptors (Lipinski definition) is 7. The number of nitrogens with one attached hydrogen (secondary N) is 2. The summed E-state index contributed by atoms with van der Waals surface area (Å²) < 4.78 is 40.3. The van der Waals surface area contributed by atoms with E-state index in [2.05, 4.69) is 10.1 Å². The van der Waals surface area contributed by atoms with Crippen LogP contribution in [-0.2, 0) is 4.79 Å². The first-order chi connectivity index (χ1) is 11.7. The first-order valence-electron chi connectivity index (χ1n) is 7.26. The lowest BCUT2D eigenvalue weighted by molar-refractivity contribution is -0.274. The van der Waals surface area contributed by atoms with Gasteiger partial charge in [-0.25, -0.2) is 4.79 Å². The van der Waals surface area contributed by atoms with Crippen molar-refractivity contribution in [1.29, 1.82) is 0 Å². The predicted octanol–water partition coefficient (Wildman–Crippen LogP) is 0.429. The molecule has 0 radical (unpaired) electrons. The van der Waals surface area contributed by atoms with Crippen LogP contribution in [0.4, 0.5) is 18.9 Å². The number of hydrogen-bond donors (Lipinski definition) is 5. The molecule has 2 rings (SSSR count). The van der Waals surface area contributed by atoms with E-state index in [1.807, 2.05) is 10.3 Å². The van der Waals surface area contributed by atoms with Crippen LogP contribution in [0.2, 0.25) is 0 Å². The summed E-state index contributed by atoms with van der Waals surface area (Å²) in [5.74, 6) is 3.44. The molecule has 138 valence electrons. The Hall–Kier alpha value is -2.82. The number of anilines is 1. The second kappa shape index (κ2) is 7.38. The zero-order valence-corrected chi connectivity index (χ0v) is 13.0. The number of nitrogens with two attached hydrogens (primary N) is 2. The Balaban J connectivity index is 1.97. The zero-order chi connectivity index (χ0) is 18.6. The summed E-state index contributed by atoms with van der Waals surface area (Å²) in [6.07, 6.45) is -4.06. The Kier molecular flexibility index (Phi) is 5.47. The monoisotopic (exact) mass is 361 g/mol. The van der Waals surface area contributed by atoms with Crippen LogP contribution in [0.3, 0.4) is 0 Å². The van der Waals surface area contributed by atoms with Crippen molar-refractivity contribution < 1.29 is 27.8 Å². The van der Waals surface area contributed by atoms with Crippen LogP contribution >= 0.6 is 0 Å². The SMILES string of the molecule is NN/C(C(=O)O)=C(\N)NC1CCN(c2ccc(OC(F)(F)F)cc2)C1. The van der Waals surface area contributed by atoms with Gasteiger partial charge in [0.2, 0.25) is 0 Å². The van der Waals surface area contributed by atoms with Gasteiger partial charge in [-0.15, -0.1) is 13.2 Å². The topological polar surface area (TPSA) is 126 Å². The number of benzene rings is 1. The summed E-state index contributed by atoms with van der Waals surface area (Å²) in [4.78, 5) is 12.9. The van der Waals surface area contributed by atoms with Crippen molar-refractivity contribution in [2.24, 2.45) is 11.6 Å². The molecule has 8 nitrogen and oxygen atoms in total. The van der Waals surface area contributed by atoms with Crippen LogP contribution in [0.5, 0.6) is 5.75 Å². The van der Waals surface area contributed by atoms with Gasteiger partial charge in [-0.1, -0.05) is 0 Å². The van der Waals surface area contributed by atoms with Gasteiger partial charge in [0.15, 0.2) is 5.70 Å². The van der Waals surface area contributed by atoms with Crippen LogP contribution in [0.25, 0.3) is 0 Å². The molecule has 0 spiro atoms. The fraction of sp³-hybridized carbons (Fsp3) is 0.357. The van der Waals surface area contributed by atoms with Crippen molar-refractivity contribution in [3.63, 3.8) is 0 Å². The summed E-state index contributed by atoms with van der Waals surface area (Å²) in [6, 6.07) is 5.38. The molecule has 1 aromatic rings. The highest BCUT2D eigenvalue weighted by Gasteiger charge is 2.31. The third-order valence-corrected chi connectivity index (χ3v) is 3.61. The number of alkyl halides is 3. The first kappa shape index (κ1) is 18.5. The highest BCUT2D eigenvalue weighted by Crippen LogP contribution is 2.27. The summed E-state index contributed by atoms with van der Waals surface area (Å²) in [5.41, 5.74) is 8.07. The quantitative estimate of drug-likeness (QED) is 0.281. The van der Waals surface area contributed by atoms with Crippen molar-refractivity contribution in [3.8, 4) is 5.75 Å². The van der Waals surface area contributed by atoms with Crippen LogP contribution in [0.15, 0.2) is 35.8 Å². The molecule has 1 saturated heterocycles. The minimum atomic E-state index is -4.73. The van der Waals surface area contributed by atoms with Crippen molar-refractivity contribution >= 4 is 11.7 Å². The van der Waals surface area contributed by atoms with Crippen molar-refractivity contribution in [3.05, 3.63) is 35.8 Å². The third-order valence-electron chi connectivity index (χ3n) is 3.61. The maximum Gasteiger partial charge on any atom is 0.573 e. The molecule has 1 aromatic carbocycles. The zero-order valence-electron chi connectivity index (χ0n) is 13.0. The minimum Gasteiger partial charge on any atom is -0.476 e. The maximum absolute atomic E-state index is 12.2. The van der Waals surface area contributed by atoms with E-state index in [1.165, 1.54) is 24.3 Å². The van der Waals surface area contributed by atoms with Crippen LogP contribution in [-0.4, -0.2) is 36.6 Å². The van der Waals surface area contributed by atoms with Crippen LogP contribution in [0, 0.1) is 0 Å². The molecule has 1 aliphatic rings. The highest BCUT2D eigenvalue weighted by molar-refractivity contribution is 5.86. The van der Waals surface area contributed by atoms with E-state index in [1.54, 1.807) is 0 Å². The standard InChI is InChI=1S/C14H18F3N5O3/c15-14(16,17)25-10-3-1-9(2-4-10)22-6-5-8(7-22)20-12(18)11(21-19)13(23)24/h1-4,8,20-21H,5-7,18-19H2,(H,23,24)/b12-11+.